The van der Waals surface area contributed by atoms with Crippen LogP contribution in [0.2, 0.25) is 0 Å². The highest BCUT2D eigenvalue weighted by Gasteiger charge is 2.40. The van der Waals surface area contributed by atoms with Gasteiger partial charge in [-0.15, -0.1) is 0 Å². The molecule has 0 saturated heterocycles. The smallest absolute Gasteiger partial charge is 0.260 e. The summed E-state index contributed by atoms with van der Waals surface area (Å²) in [4.78, 5) is 29.4. The van der Waals surface area contributed by atoms with E-state index in [0.717, 1.165) is 35.3 Å². The minimum absolute atomic E-state index is 0.176. The zero-order chi connectivity index (χ0) is 24.4. The lowest BCUT2D eigenvalue weighted by atomic mass is 10.1. The molecule has 0 spiro atoms. The van der Waals surface area contributed by atoms with Crippen molar-refractivity contribution in [3.63, 3.8) is 0 Å². The van der Waals surface area contributed by atoms with E-state index in [9.17, 15) is 9.59 Å². The van der Waals surface area contributed by atoms with Gasteiger partial charge in [0.15, 0.2) is 11.9 Å². The Kier molecular flexibility index (Phi) is 6.23. The van der Waals surface area contributed by atoms with E-state index in [0.29, 0.717) is 24.5 Å². The van der Waals surface area contributed by atoms with E-state index in [1.807, 2.05) is 84.4 Å². The molecule has 7 heteroatoms. The van der Waals surface area contributed by atoms with Gasteiger partial charge in [0, 0.05) is 19.3 Å². The topological polar surface area (TPSA) is 72.2 Å². The third-order valence-corrected chi connectivity index (χ3v) is 6.52. The van der Waals surface area contributed by atoms with Crippen LogP contribution in [0.15, 0.2) is 79.1 Å². The highest BCUT2D eigenvalue weighted by molar-refractivity contribution is 6.01. The van der Waals surface area contributed by atoms with Crippen molar-refractivity contribution in [1.82, 2.24) is 24.6 Å². The molecular formula is C28H29N5O2. The first-order valence-corrected chi connectivity index (χ1v) is 12.0. The number of unbranched alkanes of at least 4 members (excludes halogenated alkanes) is 1. The zero-order valence-corrected chi connectivity index (χ0v) is 20.0. The maximum atomic E-state index is 14.1. The van der Waals surface area contributed by atoms with Gasteiger partial charge in [-0.05, 0) is 48.7 Å². The van der Waals surface area contributed by atoms with Crippen LogP contribution in [0.5, 0.6) is 0 Å². The van der Waals surface area contributed by atoms with E-state index >= 15 is 0 Å². The third-order valence-electron chi connectivity index (χ3n) is 6.52. The first-order chi connectivity index (χ1) is 17.1. The number of aromatic nitrogens is 3. The number of carbonyl (C=O) groups excluding carboxylic acids is 2. The molecule has 1 N–H and O–H groups in total. The number of aryl methyl sites for hydroxylation is 1. The van der Waals surface area contributed by atoms with Gasteiger partial charge in [-0.1, -0.05) is 55.8 Å². The molecule has 2 aromatic heterocycles. The summed E-state index contributed by atoms with van der Waals surface area (Å²) >= 11 is 0. The van der Waals surface area contributed by atoms with Crippen LogP contribution >= 0.6 is 0 Å². The Hall–Kier alpha value is -4.13. The molecule has 2 amide bonds. The Bertz CT molecular complexity index is 1350. The normalized spacial score (nSPS) is 14.9. The first kappa shape index (κ1) is 22.7. The summed E-state index contributed by atoms with van der Waals surface area (Å²) in [6.07, 6.45) is 5.36. The zero-order valence-electron chi connectivity index (χ0n) is 20.0. The molecule has 1 aliphatic heterocycles. The first-order valence-electron chi connectivity index (χ1n) is 12.0. The molecule has 5 rings (SSSR count). The fourth-order valence-corrected chi connectivity index (χ4v) is 4.62. The van der Waals surface area contributed by atoms with E-state index < -0.39 is 6.04 Å². The monoisotopic (exact) mass is 467 g/mol. The number of nitrogens with one attached hydrogen (secondary N) is 1. The summed E-state index contributed by atoms with van der Waals surface area (Å²) in [5, 5.41) is 7.64. The summed E-state index contributed by atoms with van der Waals surface area (Å²) in [5.41, 5.74) is 4.12. The molecule has 0 fully saturated rings. The van der Waals surface area contributed by atoms with E-state index in [2.05, 4.69) is 17.3 Å². The van der Waals surface area contributed by atoms with Gasteiger partial charge in [-0.3, -0.25) is 9.59 Å². The number of benzene rings is 2. The molecule has 3 heterocycles. The summed E-state index contributed by atoms with van der Waals surface area (Å²) in [6, 6.07) is 20.7. The van der Waals surface area contributed by atoms with E-state index in [1.54, 1.807) is 15.8 Å². The number of hydrogen-bond acceptors (Lipinski definition) is 3. The van der Waals surface area contributed by atoms with E-state index in [4.69, 9.17) is 0 Å². The lowest BCUT2D eigenvalue weighted by Crippen LogP contribution is -2.43. The number of rotatable bonds is 7. The van der Waals surface area contributed by atoms with Crippen molar-refractivity contribution in [2.75, 3.05) is 6.54 Å². The van der Waals surface area contributed by atoms with Gasteiger partial charge in [0.2, 0.25) is 5.91 Å². The van der Waals surface area contributed by atoms with Gasteiger partial charge in [0.05, 0.1) is 17.6 Å². The van der Waals surface area contributed by atoms with Crippen LogP contribution in [-0.2, 0) is 11.3 Å². The Balaban J connectivity index is 1.66. The van der Waals surface area contributed by atoms with Crippen LogP contribution < -0.4 is 5.32 Å². The van der Waals surface area contributed by atoms with Crippen molar-refractivity contribution >= 4 is 11.8 Å². The van der Waals surface area contributed by atoms with E-state index in [-0.39, 0.29) is 11.8 Å². The van der Waals surface area contributed by atoms with Gasteiger partial charge < -0.3 is 14.8 Å². The molecule has 0 radical (unpaired) electrons. The number of amides is 2. The van der Waals surface area contributed by atoms with Crippen LogP contribution in [0.4, 0.5) is 0 Å². The molecular weight excluding hydrogens is 438 g/mol. The minimum atomic E-state index is -0.773. The molecule has 1 aliphatic rings. The van der Waals surface area contributed by atoms with Crippen molar-refractivity contribution in [2.24, 2.45) is 0 Å². The number of fused-ring (bicyclic) bond motifs is 3. The van der Waals surface area contributed by atoms with Crippen molar-refractivity contribution in [2.45, 2.75) is 39.3 Å². The Morgan fingerprint density at radius 3 is 2.57 bits per heavy atom. The van der Waals surface area contributed by atoms with Crippen molar-refractivity contribution in [3.8, 4) is 11.5 Å². The molecule has 0 bridgehead atoms. The Labute approximate surface area is 205 Å². The summed E-state index contributed by atoms with van der Waals surface area (Å²) < 4.78 is 3.69. The van der Waals surface area contributed by atoms with Crippen LogP contribution in [0.3, 0.4) is 0 Å². The van der Waals surface area contributed by atoms with Crippen LogP contribution in [0, 0.1) is 6.92 Å². The molecule has 1 unspecified atom stereocenters. The van der Waals surface area contributed by atoms with Gasteiger partial charge in [0.25, 0.3) is 5.91 Å². The highest BCUT2D eigenvalue weighted by Crippen LogP contribution is 2.35. The van der Waals surface area contributed by atoms with Crippen molar-refractivity contribution in [3.05, 3.63) is 102 Å². The van der Waals surface area contributed by atoms with Gasteiger partial charge >= 0.3 is 0 Å². The average Bonchev–Trinajstić information content (AvgIpc) is 3.50. The van der Waals surface area contributed by atoms with Crippen molar-refractivity contribution in [1.29, 1.82) is 0 Å². The Morgan fingerprint density at radius 1 is 1.03 bits per heavy atom. The van der Waals surface area contributed by atoms with Crippen molar-refractivity contribution < 1.29 is 9.59 Å². The fraction of sp³-hybridized carbons (Fsp3) is 0.250. The predicted octanol–water partition coefficient (Wildman–Crippen LogP) is 4.58. The van der Waals surface area contributed by atoms with E-state index in [1.165, 1.54) is 0 Å². The lowest BCUT2D eigenvalue weighted by Gasteiger charge is -2.30. The van der Waals surface area contributed by atoms with Gasteiger partial charge in [-0.25, -0.2) is 4.68 Å². The van der Waals surface area contributed by atoms with Crippen LogP contribution in [-0.4, -0.2) is 37.6 Å². The quantitative estimate of drug-likeness (QED) is 0.404. The predicted molar refractivity (Wildman–Crippen MR) is 135 cm³/mol. The highest BCUT2D eigenvalue weighted by atomic mass is 16.2. The average molecular weight is 468 g/mol. The number of para-hydroxylation sites is 1. The summed E-state index contributed by atoms with van der Waals surface area (Å²) in [7, 11) is 0. The third kappa shape index (κ3) is 4.14. The molecule has 0 saturated carbocycles. The second-order valence-electron chi connectivity index (χ2n) is 8.84. The van der Waals surface area contributed by atoms with Crippen LogP contribution in [0.25, 0.3) is 11.5 Å². The maximum Gasteiger partial charge on any atom is 0.260 e. The molecule has 35 heavy (non-hydrogen) atoms. The number of carbonyl (C=O) groups is 2. The molecule has 1 atom stereocenters. The summed E-state index contributed by atoms with van der Waals surface area (Å²) in [6.45, 7) is 5.00. The van der Waals surface area contributed by atoms with Crippen LogP contribution in [0.1, 0.15) is 53.0 Å². The minimum Gasteiger partial charge on any atom is -0.354 e. The molecule has 2 aromatic carbocycles. The Morgan fingerprint density at radius 2 is 1.80 bits per heavy atom. The number of hydrogen-bond donors (Lipinski definition) is 1. The maximum absolute atomic E-state index is 14.1. The van der Waals surface area contributed by atoms with Gasteiger partial charge in [0.1, 0.15) is 5.56 Å². The molecule has 0 aliphatic carbocycles. The SMILES string of the molecule is CCCCNC(=O)C1c2cccn2-c2c(cnn2-c2ccccc2)C(=O)N1Cc1ccccc1C. The van der Waals surface area contributed by atoms with Gasteiger partial charge in [-0.2, -0.15) is 5.10 Å². The second kappa shape index (κ2) is 9.62. The molecule has 178 valence electrons. The number of nitrogens with zero attached hydrogens (tertiary/aromatic N) is 4. The molecule has 7 nitrogen and oxygen atoms in total. The lowest BCUT2D eigenvalue weighted by molar-refractivity contribution is -0.126. The fourth-order valence-electron chi connectivity index (χ4n) is 4.62. The second-order valence-corrected chi connectivity index (χ2v) is 8.84. The molecule has 4 aromatic rings. The largest absolute Gasteiger partial charge is 0.354 e. The standard InChI is InChI=1S/C28H29N5O2/c1-3-4-16-29-26(34)25-24-15-10-17-31(24)27-23(18-30-33(27)22-13-6-5-7-14-22)28(35)32(25)19-21-12-9-8-11-20(21)2/h5-15,17-18,25H,3-4,16,19H2,1-2H3,(H,29,34). The summed E-state index contributed by atoms with van der Waals surface area (Å²) in [5.74, 6) is 0.245.